The van der Waals surface area contributed by atoms with Gasteiger partial charge in [0.2, 0.25) is 0 Å². The fourth-order valence-electron chi connectivity index (χ4n) is 3.38. The second-order valence-corrected chi connectivity index (χ2v) is 6.51. The lowest BCUT2D eigenvalue weighted by molar-refractivity contribution is 0.0706. The van der Waals surface area contributed by atoms with Crippen molar-refractivity contribution in [2.24, 2.45) is 0 Å². The highest BCUT2D eigenvalue weighted by Gasteiger charge is 2.28. The summed E-state index contributed by atoms with van der Waals surface area (Å²) in [5, 5.41) is 2.65. The van der Waals surface area contributed by atoms with E-state index in [0.717, 1.165) is 11.4 Å². The van der Waals surface area contributed by atoms with Gasteiger partial charge in [0, 0.05) is 31.7 Å². The SMILES string of the molecule is CNC(=O)c1ccc(C)nc1C1CCN(C(=O)c2ccccc2F)CC1. The number of benzene rings is 1. The van der Waals surface area contributed by atoms with Gasteiger partial charge in [0.05, 0.1) is 16.8 Å². The lowest BCUT2D eigenvalue weighted by atomic mass is 9.89. The van der Waals surface area contributed by atoms with Crippen LogP contribution in [0.3, 0.4) is 0 Å². The number of likely N-dealkylation sites (tertiary alicyclic amines) is 1. The first kappa shape index (κ1) is 18.0. The maximum atomic E-state index is 13.9. The Hall–Kier alpha value is -2.76. The molecule has 26 heavy (non-hydrogen) atoms. The van der Waals surface area contributed by atoms with Crippen LogP contribution in [-0.2, 0) is 0 Å². The van der Waals surface area contributed by atoms with Crippen LogP contribution in [0.4, 0.5) is 4.39 Å². The summed E-state index contributed by atoms with van der Waals surface area (Å²) in [7, 11) is 1.60. The lowest BCUT2D eigenvalue weighted by Crippen LogP contribution is -2.38. The number of nitrogens with zero attached hydrogens (tertiary/aromatic N) is 2. The summed E-state index contributed by atoms with van der Waals surface area (Å²) in [6.45, 7) is 2.93. The summed E-state index contributed by atoms with van der Waals surface area (Å²) in [6, 6.07) is 9.66. The molecule has 2 amide bonds. The van der Waals surface area contributed by atoms with Crippen molar-refractivity contribution in [1.29, 1.82) is 0 Å². The Balaban J connectivity index is 1.75. The van der Waals surface area contributed by atoms with E-state index in [1.165, 1.54) is 12.1 Å². The van der Waals surface area contributed by atoms with Gasteiger partial charge in [-0.3, -0.25) is 14.6 Å². The number of carbonyl (C=O) groups is 2. The number of pyridine rings is 1. The number of hydrogen-bond acceptors (Lipinski definition) is 3. The number of hydrogen-bond donors (Lipinski definition) is 1. The Bertz CT molecular complexity index is 830. The lowest BCUT2D eigenvalue weighted by Gasteiger charge is -2.32. The first-order valence-corrected chi connectivity index (χ1v) is 8.74. The van der Waals surface area contributed by atoms with Gasteiger partial charge < -0.3 is 10.2 Å². The van der Waals surface area contributed by atoms with Crippen molar-refractivity contribution in [3.8, 4) is 0 Å². The number of aryl methyl sites for hydroxylation is 1. The molecule has 0 spiro atoms. The first-order valence-electron chi connectivity index (χ1n) is 8.74. The minimum atomic E-state index is -0.498. The Morgan fingerprint density at radius 1 is 1.12 bits per heavy atom. The Morgan fingerprint density at radius 2 is 1.81 bits per heavy atom. The highest BCUT2D eigenvalue weighted by Crippen LogP contribution is 2.30. The third-order valence-corrected chi connectivity index (χ3v) is 4.81. The number of halogens is 1. The molecule has 1 aromatic carbocycles. The third kappa shape index (κ3) is 3.59. The maximum absolute atomic E-state index is 13.9. The first-order chi connectivity index (χ1) is 12.5. The number of amides is 2. The van der Waals surface area contributed by atoms with Gasteiger partial charge in [0.15, 0.2) is 0 Å². The van der Waals surface area contributed by atoms with Crippen LogP contribution in [0.1, 0.15) is 50.9 Å². The molecular weight excluding hydrogens is 333 g/mol. The highest BCUT2D eigenvalue weighted by atomic mass is 19.1. The number of aromatic nitrogens is 1. The number of nitrogens with one attached hydrogen (secondary N) is 1. The second kappa shape index (κ2) is 7.64. The average Bonchev–Trinajstić information content (AvgIpc) is 2.67. The molecule has 2 aromatic rings. The van der Waals surface area contributed by atoms with Gasteiger partial charge in [-0.15, -0.1) is 0 Å². The number of rotatable bonds is 3. The van der Waals surface area contributed by atoms with Crippen molar-refractivity contribution in [1.82, 2.24) is 15.2 Å². The van der Waals surface area contributed by atoms with Gasteiger partial charge in [-0.05, 0) is 44.0 Å². The van der Waals surface area contributed by atoms with Crippen LogP contribution in [0, 0.1) is 12.7 Å². The van der Waals surface area contributed by atoms with Crippen molar-refractivity contribution < 1.29 is 14.0 Å². The molecule has 6 heteroatoms. The van der Waals surface area contributed by atoms with Crippen molar-refractivity contribution >= 4 is 11.8 Å². The molecule has 0 aliphatic carbocycles. The summed E-state index contributed by atoms with van der Waals surface area (Å²) in [6.07, 6.45) is 1.39. The van der Waals surface area contributed by atoms with E-state index in [4.69, 9.17) is 0 Å². The molecule has 1 fully saturated rings. The molecule has 0 bridgehead atoms. The predicted molar refractivity (Wildman–Crippen MR) is 96.6 cm³/mol. The Morgan fingerprint density at radius 3 is 2.46 bits per heavy atom. The van der Waals surface area contributed by atoms with Crippen molar-refractivity contribution in [2.45, 2.75) is 25.7 Å². The molecule has 0 atom stereocenters. The molecule has 1 aliphatic rings. The minimum Gasteiger partial charge on any atom is -0.355 e. The highest BCUT2D eigenvalue weighted by molar-refractivity contribution is 5.95. The summed E-state index contributed by atoms with van der Waals surface area (Å²) in [5.41, 5.74) is 2.32. The maximum Gasteiger partial charge on any atom is 0.256 e. The molecule has 2 heterocycles. The van der Waals surface area contributed by atoms with Gasteiger partial charge >= 0.3 is 0 Å². The zero-order valence-electron chi connectivity index (χ0n) is 15.0. The average molecular weight is 355 g/mol. The van der Waals surface area contributed by atoms with Crippen LogP contribution >= 0.6 is 0 Å². The molecule has 1 aromatic heterocycles. The minimum absolute atomic E-state index is 0.102. The van der Waals surface area contributed by atoms with E-state index in [1.54, 1.807) is 30.1 Å². The zero-order valence-corrected chi connectivity index (χ0v) is 15.0. The van der Waals surface area contributed by atoms with Gasteiger partial charge in [-0.25, -0.2) is 4.39 Å². The van der Waals surface area contributed by atoms with Gasteiger partial charge in [0.25, 0.3) is 11.8 Å². The number of piperidine rings is 1. The van der Waals surface area contributed by atoms with Crippen LogP contribution in [-0.4, -0.2) is 41.8 Å². The molecule has 0 saturated carbocycles. The summed E-state index contributed by atoms with van der Waals surface area (Å²) in [4.78, 5) is 30.9. The molecule has 0 radical (unpaired) electrons. The molecule has 5 nitrogen and oxygen atoms in total. The van der Waals surface area contributed by atoms with Gasteiger partial charge in [0.1, 0.15) is 5.82 Å². The van der Waals surface area contributed by atoms with E-state index < -0.39 is 5.82 Å². The number of carbonyl (C=O) groups excluding carboxylic acids is 2. The van der Waals surface area contributed by atoms with E-state index in [0.29, 0.717) is 31.5 Å². The van der Waals surface area contributed by atoms with Gasteiger partial charge in [-0.2, -0.15) is 0 Å². The van der Waals surface area contributed by atoms with E-state index in [1.807, 2.05) is 13.0 Å². The molecular formula is C20H22FN3O2. The Labute approximate surface area is 152 Å². The van der Waals surface area contributed by atoms with E-state index in [2.05, 4.69) is 10.3 Å². The normalized spacial score (nSPS) is 15.0. The molecule has 1 saturated heterocycles. The van der Waals surface area contributed by atoms with Crippen molar-refractivity contribution in [3.63, 3.8) is 0 Å². The van der Waals surface area contributed by atoms with Crippen molar-refractivity contribution in [3.05, 3.63) is 64.7 Å². The van der Waals surface area contributed by atoms with E-state index in [9.17, 15) is 14.0 Å². The fraction of sp³-hybridized carbons (Fsp3) is 0.350. The van der Waals surface area contributed by atoms with Crippen molar-refractivity contribution in [2.75, 3.05) is 20.1 Å². The van der Waals surface area contributed by atoms with Gasteiger partial charge in [-0.1, -0.05) is 12.1 Å². The Kier molecular flexibility index (Phi) is 5.30. The second-order valence-electron chi connectivity index (χ2n) is 6.51. The largest absolute Gasteiger partial charge is 0.355 e. The smallest absolute Gasteiger partial charge is 0.256 e. The van der Waals surface area contributed by atoms with Crippen LogP contribution in [0.2, 0.25) is 0 Å². The summed E-state index contributed by atoms with van der Waals surface area (Å²) < 4.78 is 13.9. The van der Waals surface area contributed by atoms with E-state index in [-0.39, 0.29) is 23.3 Å². The fourth-order valence-corrected chi connectivity index (χ4v) is 3.38. The topological polar surface area (TPSA) is 62.3 Å². The van der Waals surface area contributed by atoms with Crippen LogP contribution in [0.5, 0.6) is 0 Å². The summed E-state index contributed by atoms with van der Waals surface area (Å²) in [5.74, 6) is -0.837. The molecule has 1 N–H and O–H groups in total. The predicted octanol–water partition coefficient (Wildman–Crippen LogP) is 2.91. The monoisotopic (exact) mass is 355 g/mol. The molecule has 3 rings (SSSR count). The zero-order chi connectivity index (χ0) is 18.7. The van der Waals surface area contributed by atoms with Crippen LogP contribution in [0.15, 0.2) is 36.4 Å². The standard InChI is InChI=1S/C20H22FN3O2/c1-13-7-8-16(19(25)22-2)18(23-13)14-9-11-24(12-10-14)20(26)15-5-3-4-6-17(15)21/h3-8,14H,9-12H2,1-2H3,(H,22,25). The molecule has 0 unspecified atom stereocenters. The van der Waals surface area contributed by atoms with E-state index >= 15 is 0 Å². The molecule has 1 aliphatic heterocycles. The third-order valence-electron chi connectivity index (χ3n) is 4.81. The van der Waals surface area contributed by atoms with Crippen LogP contribution in [0.25, 0.3) is 0 Å². The quantitative estimate of drug-likeness (QED) is 0.921. The summed E-state index contributed by atoms with van der Waals surface area (Å²) >= 11 is 0. The van der Waals surface area contributed by atoms with Crippen LogP contribution < -0.4 is 5.32 Å². The molecule has 136 valence electrons.